The molecule has 2 amide bonds. The molecule has 2 aromatic rings. The molecule has 1 saturated heterocycles. The van der Waals surface area contributed by atoms with Gasteiger partial charge in [0.2, 0.25) is 0 Å². The topological polar surface area (TPSA) is 67.9 Å². The average Bonchev–Trinajstić information content (AvgIpc) is 3.10. The van der Waals surface area contributed by atoms with E-state index in [1.807, 2.05) is 30.3 Å². The molecule has 1 aliphatic heterocycles. The summed E-state index contributed by atoms with van der Waals surface area (Å²) in [7, 11) is 1.33. The number of nitrogens with one attached hydrogen (secondary N) is 1. The Morgan fingerprint density at radius 1 is 1.33 bits per heavy atom. The van der Waals surface area contributed by atoms with Gasteiger partial charge in [0.05, 0.1) is 36.9 Å². The highest BCUT2D eigenvalue weighted by molar-refractivity contribution is 7.14. The molecule has 1 atom stereocenters. The van der Waals surface area contributed by atoms with E-state index in [0.717, 1.165) is 5.56 Å². The molecule has 6 nitrogen and oxygen atoms in total. The fourth-order valence-electron chi connectivity index (χ4n) is 2.60. The number of benzene rings is 1. The predicted molar refractivity (Wildman–Crippen MR) is 91.4 cm³/mol. The number of urea groups is 1. The van der Waals surface area contributed by atoms with Gasteiger partial charge in [-0.25, -0.2) is 9.59 Å². The van der Waals surface area contributed by atoms with E-state index in [-0.39, 0.29) is 12.1 Å². The molecule has 0 unspecified atom stereocenters. The van der Waals surface area contributed by atoms with Crippen LogP contribution in [0.3, 0.4) is 0 Å². The Balaban J connectivity index is 1.72. The van der Waals surface area contributed by atoms with Gasteiger partial charge in [0.1, 0.15) is 0 Å². The van der Waals surface area contributed by atoms with E-state index in [2.05, 4.69) is 10.1 Å². The van der Waals surface area contributed by atoms with Crippen molar-refractivity contribution in [2.75, 3.05) is 32.2 Å². The van der Waals surface area contributed by atoms with Gasteiger partial charge in [-0.1, -0.05) is 30.3 Å². The lowest BCUT2D eigenvalue weighted by Gasteiger charge is -2.35. The summed E-state index contributed by atoms with van der Waals surface area (Å²) in [6, 6.07) is 11.1. The summed E-state index contributed by atoms with van der Waals surface area (Å²) in [5, 5.41) is 5.12. The van der Waals surface area contributed by atoms with Crippen LogP contribution in [-0.4, -0.2) is 43.8 Å². The van der Waals surface area contributed by atoms with Gasteiger partial charge < -0.3 is 14.4 Å². The first-order valence-corrected chi connectivity index (χ1v) is 8.44. The molecule has 1 fully saturated rings. The number of hydrogen-bond donors (Lipinski definition) is 1. The van der Waals surface area contributed by atoms with Gasteiger partial charge in [0.25, 0.3) is 0 Å². The molecule has 3 rings (SSSR count). The Hall–Kier alpha value is -2.38. The number of carbonyl (C=O) groups excluding carboxylic acids is 2. The average molecular weight is 346 g/mol. The Morgan fingerprint density at radius 2 is 2.12 bits per heavy atom. The summed E-state index contributed by atoms with van der Waals surface area (Å²) in [5.41, 5.74) is 1.47. The lowest BCUT2D eigenvalue weighted by atomic mass is 10.1. The number of amides is 2. The first kappa shape index (κ1) is 16.5. The highest BCUT2D eigenvalue weighted by Gasteiger charge is 2.28. The van der Waals surface area contributed by atoms with Gasteiger partial charge in [-0.15, -0.1) is 11.3 Å². The molecule has 0 bridgehead atoms. The third-order valence-corrected chi connectivity index (χ3v) is 4.67. The molecule has 0 radical (unpaired) electrons. The lowest BCUT2D eigenvalue weighted by molar-refractivity contribution is 0.0148. The summed E-state index contributed by atoms with van der Waals surface area (Å²) in [5.74, 6) is -0.416. The van der Waals surface area contributed by atoms with Gasteiger partial charge in [-0.3, -0.25) is 5.32 Å². The van der Waals surface area contributed by atoms with Crippen molar-refractivity contribution in [1.29, 1.82) is 0 Å². The zero-order valence-electron chi connectivity index (χ0n) is 13.2. The number of methoxy groups -OCH3 is 1. The van der Waals surface area contributed by atoms with Crippen LogP contribution in [0, 0.1) is 0 Å². The minimum Gasteiger partial charge on any atom is -0.465 e. The van der Waals surface area contributed by atoms with E-state index < -0.39 is 5.97 Å². The quantitative estimate of drug-likeness (QED) is 0.867. The van der Waals surface area contributed by atoms with Crippen LogP contribution < -0.4 is 5.32 Å². The van der Waals surface area contributed by atoms with Crippen LogP contribution >= 0.6 is 11.3 Å². The Bertz CT molecular complexity index is 716. The van der Waals surface area contributed by atoms with Crippen molar-refractivity contribution in [1.82, 2.24) is 4.90 Å². The third-order valence-electron chi connectivity index (χ3n) is 3.82. The van der Waals surface area contributed by atoms with Crippen LogP contribution in [0.5, 0.6) is 0 Å². The molecule has 7 heteroatoms. The number of ether oxygens (including phenoxy) is 2. The molecule has 0 spiro atoms. The van der Waals surface area contributed by atoms with Gasteiger partial charge in [-0.2, -0.15) is 0 Å². The SMILES string of the molecule is COC(=O)c1csc(NC(=O)N2CCOC[C@H]2c2ccccc2)c1. The van der Waals surface area contributed by atoms with Crippen LogP contribution in [0.4, 0.5) is 9.80 Å². The summed E-state index contributed by atoms with van der Waals surface area (Å²) < 4.78 is 10.2. The molecule has 126 valence electrons. The molecule has 1 aromatic carbocycles. The first-order valence-electron chi connectivity index (χ1n) is 7.56. The van der Waals surface area contributed by atoms with Gasteiger partial charge in [0.15, 0.2) is 0 Å². The van der Waals surface area contributed by atoms with Crippen LogP contribution in [0.15, 0.2) is 41.8 Å². The lowest BCUT2D eigenvalue weighted by Crippen LogP contribution is -2.45. The second kappa shape index (κ2) is 7.46. The van der Waals surface area contributed by atoms with Crippen molar-refractivity contribution >= 4 is 28.3 Å². The molecule has 0 saturated carbocycles. The Labute approximate surface area is 144 Å². The minimum absolute atomic E-state index is 0.125. The zero-order valence-corrected chi connectivity index (χ0v) is 14.0. The summed E-state index contributed by atoms with van der Waals surface area (Å²) in [6.45, 7) is 1.49. The van der Waals surface area contributed by atoms with Crippen LogP contribution in [0.2, 0.25) is 0 Å². The first-order chi connectivity index (χ1) is 11.7. The molecule has 1 aromatic heterocycles. The van der Waals surface area contributed by atoms with Gasteiger partial charge in [-0.05, 0) is 11.6 Å². The molecule has 1 aliphatic rings. The number of nitrogens with zero attached hydrogens (tertiary/aromatic N) is 1. The molecule has 1 N–H and O–H groups in total. The van der Waals surface area contributed by atoms with Crippen molar-refractivity contribution in [3.8, 4) is 0 Å². The standard InChI is InChI=1S/C17H18N2O4S/c1-22-16(20)13-9-15(24-11-13)18-17(21)19-7-8-23-10-14(19)12-5-3-2-4-6-12/h2-6,9,11,14H,7-8,10H2,1H3,(H,18,21)/t14-/m0/s1. The van der Waals surface area contributed by atoms with Crippen molar-refractivity contribution in [3.05, 3.63) is 52.9 Å². The smallest absolute Gasteiger partial charge is 0.338 e. The molecule has 2 heterocycles. The largest absolute Gasteiger partial charge is 0.465 e. The number of thiophene rings is 1. The van der Waals surface area contributed by atoms with Crippen molar-refractivity contribution in [2.45, 2.75) is 6.04 Å². The summed E-state index contributed by atoms with van der Waals surface area (Å²) in [6.07, 6.45) is 0. The maximum absolute atomic E-state index is 12.6. The van der Waals surface area contributed by atoms with Crippen molar-refractivity contribution in [3.63, 3.8) is 0 Å². The second-order valence-corrected chi connectivity index (χ2v) is 6.23. The van der Waals surface area contributed by atoms with E-state index in [9.17, 15) is 9.59 Å². The number of carbonyl (C=O) groups is 2. The highest BCUT2D eigenvalue weighted by atomic mass is 32.1. The predicted octanol–water partition coefficient (Wildman–Crippen LogP) is 3.14. The Morgan fingerprint density at radius 3 is 2.88 bits per heavy atom. The van der Waals surface area contributed by atoms with E-state index in [4.69, 9.17) is 4.74 Å². The fraction of sp³-hybridized carbons (Fsp3) is 0.294. The zero-order chi connectivity index (χ0) is 16.9. The minimum atomic E-state index is -0.416. The maximum Gasteiger partial charge on any atom is 0.338 e. The highest BCUT2D eigenvalue weighted by Crippen LogP contribution is 2.26. The molecular formula is C17H18N2O4S. The normalized spacial score (nSPS) is 17.4. The fourth-order valence-corrected chi connectivity index (χ4v) is 3.36. The molecule has 24 heavy (non-hydrogen) atoms. The van der Waals surface area contributed by atoms with Gasteiger partial charge in [0, 0.05) is 11.9 Å². The maximum atomic E-state index is 12.6. The van der Waals surface area contributed by atoms with Crippen LogP contribution in [0.1, 0.15) is 22.0 Å². The van der Waals surface area contributed by atoms with Crippen molar-refractivity contribution in [2.24, 2.45) is 0 Å². The van der Waals surface area contributed by atoms with E-state index in [1.54, 1.807) is 16.3 Å². The van der Waals surface area contributed by atoms with E-state index >= 15 is 0 Å². The summed E-state index contributed by atoms with van der Waals surface area (Å²) in [4.78, 5) is 25.9. The second-order valence-electron chi connectivity index (χ2n) is 5.32. The monoisotopic (exact) mass is 346 g/mol. The number of morpholine rings is 1. The van der Waals surface area contributed by atoms with Crippen LogP contribution in [-0.2, 0) is 9.47 Å². The van der Waals surface area contributed by atoms with Gasteiger partial charge >= 0.3 is 12.0 Å². The number of hydrogen-bond acceptors (Lipinski definition) is 5. The molecular weight excluding hydrogens is 328 g/mol. The Kier molecular flexibility index (Phi) is 5.12. The van der Waals surface area contributed by atoms with Crippen molar-refractivity contribution < 1.29 is 19.1 Å². The molecule has 0 aliphatic carbocycles. The summed E-state index contributed by atoms with van der Waals surface area (Å²) >= 11 is 1.29. The van der Waals surface area contributed by atoms with Crippen LogP contribution in [0.25, 0.3) is 0 Å². The van der Waals surface area contributed by atoms with E-state index in [1.165, 1.54) is 18.4 Å². The number of rotatable bonds is 3. The number of esters is 1. The third kappa shape index (κ3) is 3.58. The number of anilines is 1. The van der Waals surface area contributed by atoms with E-state index in [0.29, 0.717) is 30.3 Å².